The molecule has 0 fully saturated rings. The molecular weight excluding hydrogens is 454 g/mol. The normalized spacial score (nSPS) is 12.0. The SMILES string of the molecule is Cc1cccc(NS(=O)(=O)c2cccc(C(=O)OC(C)C(=O)Nc3c(F)cccc3F)c2)c1. The third-order valence-corrected chi connectivity index (χ3v) is 5.89. The average molecular weight is 474 g/mol. The molecule has 0 heterocycles. The van der Waals surface area contributed by atoms with Gasteiger partial charge in [0, 0.05) is 5.69 Å². The molecule has 0 bridgehead atoms. The van der Waals surface area contributed by atoms with Crippen LogP contribution in [0.3, 0.4) is 0 Å². The Labute approximate surface area is 189 Å². The second kappa shape index (κ2) is 9.78. The summed E-state index contributed by atoms with van der Waals surface area (Å²) in [4.78, 5) is 24.5. The van der Waals surface area contributed by atoms with Crippen LogP contribution in [-0.4, -0.2) is 26.4 Å². The summed E-state index contributed by atoms with van der Waals surface area (Å²) in [6.45, 7) is 3.03. The Morgan fingerprint density at radius 1 is 0.939 bits per heavy atom. The smallest absolute Gasteiger partial charge is 0.338 e. The van der Waals surface area contributed by atoms with Crippen LogP contribution >= 0.6 is 0 Å². The van der Waals surface area contributed by atoms with Gasteiger partial charge in [-0.1, -0.05) is 24.3 Å². The van der Waals surface area contributed by atoms with E-state index in [-0.39, 0.29) is 10.5 Å². The number of aryl methyl sites for hydroxylation is 1. The van der Waals surface area contributed by atoms with Crippen LogP contribution < -0.4 is 10.0 Å². The van der Waals surface area contributed by atoms with Gasteiger partial charge in [0.25, 0.3) is 15.9 Å². The van der Waals surface area contributed by atoms with Crippen molar-refractivity contribution in [3.8, 4) is 0 Å². The van der Waals surface area contributed by atoms with E-state index in [1.54, 1.807) is 18.2 Å². The molecule has 1 amide bonds. The average Bonchev–Trinajstić information content (AvgIpc) is 2.76. The highest BCUT2D eigenvalue weighted by atomic mass is 32.2. The van der Waals surface area contributed by atoms with E-state index in [1.165, 1.54) is 25.1 Å². The monoisotopic (exact) mass is 474 g/mol. The number of rotatable bonds is 7. The Morgan fingerprint density at radius 3 is 2.24 bits per heavy atom. The molecule has 0 spiro atoms. The van der Waals surface area contributed by atoms with Gasteiger partial charge in [-0.25, -0.2) is 22.0 Å². The van der Waals surface area contributed by atoms with Crippen molar-refractivity contribution in [2.24, 2.45) is 0 Å². The number of esters is 1. The van der Waals surface area contributed by atoms with E-state index in [2.05, 4.69) is 4.72 Å². The van der Waals surface area contributed by atoms with Gasteiger partial charge in [-0.2, -0.15) is 0 Å². The van der Waals surface area contributed by atoms with Gasteiger partial charge in [0.05, 0.1) is 10.5 Å². The summed E-state index contributed by atoms with van der Waals surface area (Å²) in [5.41, 5.74) is 0.420. The molecule has 10 heteroatoms. The minimum absolute atomic E-state index is 0.126. The van der Waals surface area contributed by atoms with Crippen molar-refractivity contribution >= 4 is 33.3 Å². The molecule has 0 radical (unpaired) electrons. The molecule has 3 aromatic carbocycles. The molecule has 0 aliphatic rings. The molecule has 0 aliphatic heterocycles. The number of anilines is 2. The Morgan fingerprint density at radius 2 is 1.58 bits per heavy atom. The molecule has 3 rings (SSSR count). The molecule has 0 aromatic heterocycles. The van der Waals surface area contributed by atoms with Crippen LogP contribution in [0.2, 0.25) is 0 Å². The van der Waals surface area contributed by atoms with Crippen molar-refractivity contribution in [3.05, 3.63) is 89.5 Å². The highest BCUT2D eigenvalue weighted by molar-refractivity contribution is 7.92. The Balaban J connectivity index is 1.71. The third kappa shape index (κ3) is 5.92. The molecule has 3 aromatic rings. The van der Waals surface area contributed by atoms with Crippen molar-refractivity contribution in [3.63, 3.8) is 0 Å². The highest BCUT2D eigenvalue weighted by Gasteiger charge is 2.23. The molecule has 7 nitrogen and oxygen atoms in total. The maximum absolute atomic E-state index is 13.7. The summed E-state index contributed by atoms with van der Waals surface area (Å²) in [6, 6.07) is 14.9. The summed E-state index contributed by atoms with van der Waals surface area (Å²) in [6.07, 6.45) is -1.41. The lowest BCUT2D eigenvalue weighted by Crippen LogP contribution is -2.30. The van der Waals surface area contributed by atoms with E-state index < -0.39 is 45.3 Å². The predicted molar refractivity (Wildman–Crippen MR) is 118 cm³/mol. The van der Waals surface area contributed by atoms with Crippen LogP contribution in [0.25, 0.3) is 0 Å². The topological polar surface area (TPSA) is 102 Å². The lowest BCUT2D eigenvalue weighted by atomic mass is 10.2. The minimum Gasteiger partial charge on any atom is -0.449 e. The second-order valence-electron chi connectivity index (χ2n) is 7.14. The van der Waals surface area contributed by atoms with Crippen molar-refractivity contribution in [1.82, 2.24) is 0 Å². The second-order valence-corrected chi connectivity index (χ2v) is 8.82. The number of carbonyl (C=O) groups excluding carboxylic acids is 2. The number of halogens is 2. The zero-order chi connectivity index (χ0) is 24.2. The van der Waals surface area contributed by atoms with Gasteiger partial charge in [0.2, 0.25) is 0 Å². The highest BCUT2D eigenvalue weighted by Crippen LogP contribution is 2.20. The van der Waals surface area contributed by atoms with E-state index in [1.807, 2.05) is 18.3 Å². The number of carbonyl (C=O) groups is 2. The minimum atomic E-state index is -4.00. The first-order valence-corrected chi connectivity index (χ1v) is 11.2. The van der Waals surface area contributed by atoms with Crippen molar-refractivity contribution < 1.29 is 31.5 Å². The van der Waals surface area contributed by atoms with Gasteiger partial charge in [0.15, 0.2) is 6.10 Å². The van der Waals surface area contributed by atoms with Gasteiger partial charge < -0.3 is 10.1 Å². The third-order valence-electron chi connectivity index (χ3n) is 4.51. The fourth-order valence-corrected chi connectivity index (χ4v) is 3.93. The number of ether oxygens (including phenoxy) is 1. The Hall–Kier alpha value is -3.79. The maximum Gasteiger partial charge on any atom is 0.338 e. The van der Waals surface area contributed by atoms with Crippen molar-refractivity contribution in [1.29, 1.82) is 0 Å². The maximum atomic E-state index is 13.7. The van der Waals surface area contributed by atoms with E-state index in [9.17, 15) is 26.8 Å². The largest absolute Gasteiger partial charge is 0.449 e. The van der Waals surface area contributed by atoms with E-state index in [4.69, 9.17) is 4.74 Å². The van der Waals surface area contributed by atoms with Crippen LogP contribution in [0.15, 0.2) is 71.6 Å². The number of hydrogen-bond donors (Lipinski definition) is 2. The quantitative estimate of drug-likeness (QED) is 0.499. The number of para-hydroxylation sites is 1. The molecule has 172 valence electrons. The molecule has 33 heavy (non-hydrogen) atoms. The predicted octanol–water partition coefficient (Wildman–Crippen LogP) is 4.26. The van der Waals surface area contributed by atoms with Crippen LogP contribution in [0.5, 0.6) is 0 Å². The van der Waals surface area contributed by atoms with E-state index in [0.717, 1.165) is 29.8 Å². The number of amides is 1. The fourth-order valence-electron chi connectivity index (χ4n) is 2.84. The summed E-state index contributed by atoms with van der Waals surface area (Å²) < 4.78 is 60.3. The lowest BCUT2D eigenvalue weighted by molar-refractivity contribution is -0.123. The zero-order valence-electron chi connectivity index (χ0n) is 17.6. The van der Waals surface area contributed by atoms with Gasteiger partial charge in [-0.15, -0.1) is 0 Å². The zero-order valence-corrected chi connectivity index (χ0v) is 18.5. The van der Waals surface area contributed by atoms with Crippen LogP contribution in [0, 0.1) is 18.6 Å². The van der Waals surface area contributed by atoms with Crippen molar-refractivity contribution in [2.75, 3.05) is 10.0 Å². The molecule has 1 unspecified atom stereocenters. The first-order chi connectivity index (χ1) is 15.6. The lowest BCUT2D eigenvalue weighted by Gasteiger charge is -2.15. The summed E-state index contributed by atoms with van der Waals surface area (Å²) in [5, 5.41) is 2.03. The molecule has 2 N–H and O–H groups in total. The molecular formula is C23H20F2N2O5S. The summed E-state index contributed by atoms with van der Waals surface area (Å²) in [7, 11) is -4.00. The molecule has 0 saturated carbocycles. The fraction of sp³-hybridized carbons (Fsp3) is 0.130. The van der Waals surface area contributed by atoms with Gasteiger partial charge in [-0.3, -0.25) is 9.52 Å². The number of sulfonamides is 1. The van der Waals surface area contributed by atoms with Gasteiger partial charge >= 0.3 is 5.97 Å². The van der Waals surface area contributed by atoms with Crippen LogP contribution in [0.1, 0.15) is 22.8 Å². The van der Waals surface area contributed by atoms with Gasteiger partial charge in [-0.05, 0) is 61.9 Å². The number of nitrogens with one attached hydrogen (secondary N) is 2. The standard InChI is InChI=1S/C23H20F2N2O5S/c1-14-6-3-8-17(12-14)27-33(30,31)18-9-4-7-16(13-18)23(29)32-15(2)22(28)26-21-19(24)10-5-11-20(21)25/h3-13,15,27H,1-2H3,(H,26,28). The number of hydrogen-bond acceptors (Lipinski definition) is 5. The van der Waals surface area contributed by atoms with E-state index >= 15 is 0 Å². The van der Waals surface area contributed by atoms with E-state index in [0.29, 0.717) is 5.69 Å². The van der Waals surface area contributed by atoms with Crippen LogP contribution in [0.4, 0.5) is 20.2 Å². The molecule has 0 saturated heterocycles. The van der Waals surface area contributed by atoms with Crippen molar-refractivity contribution in [2.45, 2.75) is 24.8 Å². The molecule has 1 atom stereocenters. The van der Waals surface area contributed by atoms with Crippen LogP contribution in [-0.2, 0) is 19.6 Å². The Kier molecular flexibility index (Phi) is 7.07. The first-order valence-electron chi connectivity index (χ1n) is 9.72. The Bertz CT molecular complexity index is 1290. The summed E-state index contributed by atoms with van der Waals surface area (Å²) >= 11 is 0. The van der Waals surface area contributed by atoms with Gasteiger partial charge in [0.1, 0.15) is 17.3 Å². The molecule has 0 aliphatic carbocycles. The number of benzene rings is 3. The summed E-state index contributed by atoms with van der Waals surface area (Å²) in [5.74, 6) is -3.92. The first kappa shape index (κ1) is 23.9.